The van der Waals surface area contributed by atoms with E-state index in [0.29, 0.717) is 10.6 Å². The van der Waals surface area contributed by atoms with Crippen molar-refractivity contribution in [3.05, 3.63) is 63.1 Å². The summed E-state index contributed by atoms with van der Waals surface area (Å²) in [4.78, 5) is 23.8. The monoisotopic (exact) mass is 405 g/mol. The van der Waals surface area contributed by atoms with Crippen molar-refractivity contribution in [1.29, 1.82) is 5.26 Å². The number of halogens is 2. The Kier molecular flexibility index (Phi) is 6.83. The normalized spacial score (nSPS) is 10.7. The van der Waals surface area contributed by atoms with Gasteiger partial charge >= 0.3 is 11.9 Å². The molecule has 0 atom stereocenters. The van der Waals surface area contributed by atoms with Crippen LogP contribution in [0.4, 0.5) is 0 Å². The molecule has 0 unspecified atom stereocenters. The Morgan fingerprint density at radius 3 is 2.41 bits per heavy atom. The molecule has 138 valence electrons. The van der Waals surface area contributed by atoms with Crippen LogP contribution in [0.25, 0.3) is 6.08 Å². The number of carbonyl (C=O) groups excluding carboxylic acids is 2. The number of carbonyl (C=O) groups is 2. The van der Waals surface area contributed by atoms with Crippen molar-refractivity contribution in [3.63, 3.8) is 0 Å². The molecule has 0 aliphatic rings. The highest BCUT2D eigenvalue weighted by atomic mass is 35.5. The van der Waals surface area contributed by atoms with E-state index in [2.05, 4.69) is 4.74 Å². The molecule has 0 bridgehead atoms. The van der Waals surface area contributed by atoms with Gasteiger partial charge < -0.3 is 14.2 Å². The van der Waals surface area contributed by atoms with Crippen LogP contribution in [-0.2, 0) is 9.53 Å². The molecule has 0 saturated heterocycles. The molecule has 0 radical (unpaired) electrons. The maximum absolute atomic E-state index is 12.3. The summed E-state index contributed by atoms with van der Waals surface area (Å²) in [5, 5.41) is 9.57. The van der Waals surface area contributed by atoms with Crippen molar-refractivity contribution in [2.45, 2.75) is 0 Å². The molecule has 6 nitrogen and oxygen atoms in total. The predicted molar refractivity (Wildman–Crippen MR) is 100 cm³/mol. The predicted octanol–water partition coefficient (Wildman–Crippen LogP) is 4.30. The fraction of sp³-hybridized carbons (Fsp3) is 0.105. The molecule has 2 rings (SSSR count). The minimum Gasteiger partial charge on any atom is -0.493 e. The lowest BCUT2D eigenvalue weighted by Gasteiger charge is -2.11. The van der Waals surface area contributed by atoms with Crippen molar-refractivity contribution < 1.29 is 23.8 Å². The molecule has 8 heteroatoms. The van der Waals surface area contributed by atoms with Crippen LogP contribution >= 0.6 is 23.2 Å². The first-order valence-corrected chi connectivity index (χ1v) is 8.20. The van der Waals surface area contributed by atoms with E-state index in [1.54, 1.807) is 12.1 Å². The lowest BCUT2D eigenvalue weighted by molar-refractivity contribution is -0.135. The SMILES string of the molecule is COC(=O)C(C#N)=Cc1ccc(OC(=O)c2ccc(Cl)cc2Cl)c(OC)c1. The van der Waals surface area contributed by atoms with Gasteiger partial charge in [0.2, 0.25) is 0 Å². The summed E-state index contributed by atoms with van der Waals surface area (Å²) < 4.78 is 15.1. The third-order valence-corrected chi connectivity index (χ3v) is 3.93. The van der Waals surface area contributed by atoms with Gasteiger partial charge in [0.1, 0.15) is 11.6 Å². The smallest absolute Gasteiger partial charge is 0.348 e. The molecule has 0 aromatic heterocycles. The first-order chi connectivity index (χ1) is 12.9. The highest BCUT2D eigenvalue weighted by Crippen LogP contribution is 2.31. The van der Waals surface area contributed by atoms with Gasteiger partial charge in [0.05, 0.1) is 24.8 Å². The van der Waals surface area contributed by atoms with Crippen molar-refractivity contribution in [2.24, 2.45) is 0 Å². The fourth-order valence-electron chi connectivity index (χ4n) is 2.08. The Morgan fingerprint density at radius 1 is 1.07 bits per heavy atom. The van der Waals surface area contributed by atoms with Crippen molar-refractivity contribution >= 4 is 41.2 Å². The molecule has 0 spiro atoms. The molecule has 0 fully saturated rings. The molecule has 0 N–H and O–H groups in total. The van der Waals surface area contributed by atoms with Crippen LogP contribution in [0.3, 0.4) is 0 Å². The average molecular weight is 406 g/mol. The van der Waals surface area contributed by atoms with Gasteiger partial charge in [-0.25, -0.2) is 9.59 Å². The molecular weight excluding hydrogens is 393 g/mol. The molecule has 0 aliphatic carbocycles. The topological polar surface area (TPSA) is 85.6 Å². The van der Waals surface area contributed by atoms with E-state index in [1.807, 2.05) is 0 Å². The zero-order chi connectivity index (χ0) is 20.0. The Balaban J connectivity index is 2.31. The Labute approximate surface area is 165 Å². The second kappa shape index (κ2) is 9.08. The van der Waals surface area contributed by atoms with E-state index < -0.39 is 11.9 Å². The van der Waals surface area contributed by atoms with E-state index >= 15 is 0 Å². The summed E-state index contributed by atoms with van der Waals surface area (Å²) in [5.41, 5.74) is 0.444. The minimum atomic E-state index is -0.760. The van der Waals surface area contributed by atoms with Gasteiger partial charge in [0.25, 0.3) is 0 Å². The number of methoxy groups -OCH3 is 2. The van der Waals surface area contributed by atoms with Gasteiger partial charge in [-0.05, 0) is 42.0 Å². The Bertz CT molecular complexity index is 963. The van der Waals surface area contributed by atoms with Crippen LogP contribution in [0, 0.1) is 11.3 Å². The van der Waals surface area contributed by atoms with Crippen LogP contribution in [0.1, 0.15) is 15.9 Å². The first kappa shape index (κ1) is 20.3. The second-order valence-corrected chi connectivity index (χ2v) is 5.93. The lowest BCUT2D eigenvalue weighted by atomic mass is 10.1. The van der Waals surface area contributed by atoms with E-state index in [0.717, 1.165) is 0 Å². The van der Waals surface area contributed by atoms with Gasteiger partial charge in [0.15, 0.2) is 11.5 Å². The lowest BCUT2D eigenvalue weighted by Crippen LogP contribution is -2.10. The number of esters is 2. The van der Waals surface area contributed by atoms with E-state index in [9.17, 15) is 9.59 Å². The molecule has 27 heavy (non-hydrogen) atoms. The first-order valence-electron chi connectivity index (χ1n) is 7.45. The van der Waals surface area contributed by atoms with Gasteiger partial charge in [-0.15, -0.1) is 0 Å². The van der Waals surface area contributed by atoms with Crippen molar-refractivity contribution in [2.75, 3.05) is 14.2 Å². The summed E-state index contributed by atoms with van der Waals surface area (Å²) in [5.74, 6) is -1.08. The maximum atomic E-state index is 12.3. The number of ether oxygens (including phenoxy) is 3. The largest absolute Gasteiger partial charge is 0.493 e. The molecule has 2 aromatic carbocycles. The fourth-order valence-corrected chi connectivity index (χ4v) is 2.57. The quantitative estimate of drug-likeness (QED) is 0.319. The molecule has 2 aromatic rings. The summed E-state index contributed by atoms with van der Waals surface area (Å²) in [7, 11) is 2.57. The molecule has 0 saturated carbocycles. The van der Waals surface area contributed by atoms with E-state index in [1.165, 1.54) is 50.6 Å². The molecule has 0 amide bonds. The van der Waals surface area contributed by atoms with E-state index in [4.69, 9.17) is 37.9 Å². The minimum absolute atomic E-state index is 0.141. The van der Waals surface area contributed by atoms with Crippen LogP contribution in [0.15, 0.2) is 42.0 Å². The second-order valence-electron chi connectivity index (χ2n) is 5.09. The third-order valence-electron chi connectivity index (χ3n) is 3.38. The summed E-state index contributed by atoms with van der Waals surface area (Å²) in [6.07, 6.45) is 1.33. The Morgan fingerprint density at radius 2 is 1.81 bits per heavy atom. The highest BCUT2D eigenvalue weighted by molar-refractivity contribution is 6.36. The summed E-state index contributed by atoms with van der Waals surface area (Å²) >= 11 is 11.8. The average Bonchev–Trinajstić information content (AvgIpc) is 2.66. The number of hydrogen-bond donors (Lipinski definition) is 0. The Hall–Kier alpha value is -3.01. The number of rotatable bonds is 5. The van der Waals surface area contributed by atoms with Crippen LogP contribution in [-0.4, -0.2) is 26.2 Å². The summed E-state index contributed by atoms with van der Waals surface area (Å²) in [6, 6.07) is 10.7. The third kappa shape index (κ3) is 5.00. The number of benzene rings is 2. The summed E-state index contributed by atoms with van der Waals surface area (Å²) in [6.45, 7) is 0. The van der Waals surface area contributed by atoms with Gasteiger partial charge in [0, 0.05) is 5.02 Å². The van der Waals surface area contributed by atoms with E-state index in [-0.39, 0.29) is 27.7 Å². The molecular formula is C19H13Cl2NO5. The van der Waals surface area contributed by atoms with Gasteiger partial charge in [-0.2, -0.15) is 5.26 Å². The number of hydrogen-bond acceptors (Lipinski definition) is 6. The van der Waals surface area contributed by atoms with Crippen LogP contribution in [0.2, 0.25) is 10.0 Å². The van der Waals surface area contributed by atoms with Gasteiger partial charge in [-0.1, -0.05) is 29.3 Å². The molecule has 0 aliphatic heterocycles. The van der Waals surface area contributed by atoms with Gasteiger partial charge in [-0.3, -0.25) is 0 Å². The highest BCUT2D eigenvalue weighted by Gasteiger charge is 2.16. The zero-order valence-corrected chi connectivity index (χ0v) is 15.8. The van der Waals surface area contributed by atoms with Crippen molar-refractivity contribution in [1.82, 2.24) is 0 Å². The van der Waals surface area contributed by atoms with Crippen LogP contribution < -0.4 is 9.47 Å². The maximum Gasteiger partial charge on any atom is 0.348 e. The zero-order valence-electron chi connectivity index (χ0n) is 14.3. The van der Waals surface area contributed by atoms with Crippen LogP contribution in [0.5, 0.6) is 11.5 Å². The standard InChI is InChI=1S/C19H13Cl2NO5/c1-25-17-8-11(7-12(10-22)18(23)26-2)3-6-16(17)27-19(24)14-5-4-13(20)9-15(14)21/h3-9H,1-2H3. The number of nitrogens with zero attached hydrogens (tertiary/aromatic N) is 1. The van der Waals surface area contributed by atoms with Crippen molar-refractivity contribution in [3.8, 4) is 17.6 Å². The molecule has 0 heterocycles. The number of nitriles is 1.